The topological polar surface area (TPSA) is 138 Å². The molecule has 1 aromatic rings. The highest BCUT2D eigenvalue weighted by Gasteiger charge is 2.00. The van der Waals surface area contributed by atoms with E-state index in [4.69, 9.17) is 19.2 Å². The van der Waals surface area contributed by atoms with Crippen LogP contribution >= 0.6 is 7.82 Å². The van der Waals surface area contributed by atoms with E-state index in [1.54, 1.807) is 12.4 Å². The lowest BCUT2D eigenvalue weighted by atomic mass is 10.8. The lowest BCUT2D eigenvalue weighted by molar-refractivity contribution is 0.275. The Labute approximate surface area is 62.2 Å². The highest BCUT2D eigenvalue weighted by molar-refractivity contribution is 7.45. The quantitative estimate of drug-likeness (QED) is 0.369. The van der Waals surface area contributed by atoms with E-state index in [1.807, 2.05) is 6.07 Å². The van der Waals surface area contributed by atoms with Gasteiger partial charge in [-0.3, -0.25) is 5.10 Å². The van der Waals surface area contributed by atoms with Gasteiger partial charge in [0.2, 0.25) is 0 Å². The summed E-state index contributed by atoms with van der Waals surface area (Å²) in [5.41, 5.74) is 0. The van der Waals surface area contributed by atoms with Crippen LogP contribution in [0.5, 0.6) is 0 Å². The average Bonchev–Trinajstić information content (AvgIpc) is 2.07. The van der Waals surface area contributed by atoms with Crippen LogP contribution in [0.25, 0.3) is 0 Å². The number of nitrogens with zero attached hydrogens (tertiary/aromatic N) is 1. The molecule has 66 valence electrons. The first-order chi connectivity index (χ1) is 4.50. The Bertz CT molecular complexity index is 168. The summed E-state index contributed by atoms with van der Waals surface area (Å²) in [6.07, 6.45) is 3.46. The highest BCUT2D eigenvalue weighted by atomic mass is 31.2. The number of aromatic amines is 1. The third-order valence-electron chi connectivity index (χ3n) is 0.406. The fraction of sp³-hybridized carbons (Fsp3) is 0. The monoisotopic (exact) mass is 184 g/mol. The summed E-state index contributed by atoms with van der Waals surface area (Å²) < 4.78 is 8.88. The van der Waals surface area contributed by atoms with Gasteiger partial charge in [0.15, 0.2) is 0 Å². The molecule has 0 aliphatic carbocycles. The standard InChI is InChI=1S/C3H4N2.H3O4P.H2O/c1-2-4-5-3-1;1-5(2,3)4;/h1-3H,(H,4,5);(H3,1,2,3,4);1H2. The number of aromatic nitrogens is 2. The SMILES string of the molecule is O.O=P(O)(O)O.c1cn[nH]c1. The molecule has 8 heteroatoms. The van der Waals surface area contributed by atoms with Crippen LogP contribution in [0.3, 0.4) is 0 Å². The molecule has 6 N–H and O–H groups in total. The van der Waals surface area contributed by atoms with Gasteiger partial charge in [0.25, 0.3) is 0 Å². The molecule has 0 aromatic carbocycles. The van der Waals surface area contributed by atoms with Crippen molar-refractivity contribution in [1.29, 1.82) is 0 Å². The van der Waals surface area contributed by atoms with Crippen molar-refractivity contribution >= 4 is 7.82 Å². The second-order valence-electron chi connectivity index (χ2n) is 1.28. The maximum atomic E-state index is 8.88. The second kappa shape index (κ2) is 6.02. The van der Waals surface area contributed by atoms with Crippen LogP contribution in [0.15, 0.2) is 18.5 Å². The van der Waals surface area contributed by atoms with E-state index in [0.717, 1.165) is 0 Å². The molecule has 1 rings (SSSR count). The minimum absolute atomic E-state index is 0. The van der Waals surface area contributed by atoms with E-state index >= 15 is 0 Å². The van der Waals surface area contributed by atoms with E-state index < -0.39 is 7.82 Å². The van der Waals surface area contributed by atoms with Crippen molar-refractivity contribution in [3.63, 3.8) is 0 Å². The summed E-state index contributed by atoms with van der Waals surface area (Å²) >= 11 is 0. The van der Waals surface area contributed by atoms with Gasteiger partial charge in [-0.15, -0.1) is 0 Å². The second-order valence-corrected chi connectivity index (χ2v) is 2.31. The Balaban J connectivity index is 0. The molecule has 1 heterocycles. The molecule has 0 atom stereocenters. The molecule has 0 bridgehead atoms. The zero-order valence-electron chi connectivity index (χ0n) is 5.38. The largest absolute Gasteiger partial charge is 0.466 e. The van der Waals surface area contributed by atoms with Crippen LogP contribution in [0.2, 0.25) is 0 Å². The molecule has 0 aliphatic rings. The minimum atomic E-state index is -4.64. The first-order valence-electron chi connectivity index (χ1n) is 2.22. The maximum absolute atomic E-state index is 8.88. The van der Waals surface area contributed by atoms with Crippen molar-refractivity contribution in [3.05, 3.63) is 18.5 Å². The van der Waals surface area contributed by atoms with Crippen molar-refractivity contribution in [1.82, 2.24) is 10.2 Å². The lowest BCUT2D eigenvalue weighted by Gasteiger charge is -1.82. The van der Waals surface area contributed by atoms with Crippen LogP contribution in [0.4, 0.5) is 0 Å². The predicted octanol–water partition coefficient (Wildman–Crippen LogP) is -1.34. The zero-order valence-corrected chi connectivity index (χ0v) is 6.27. The maximum Gasteiger partial charge on any atom is 0.466 e. The van der Waals surface area contributed by atoms with Crippen molar-refractivity contribution in [2.45, 2.75) is 0 Å². The number of nitrogens with one attached hydrogen (secondary N) is 1. The molecule has 0 saturated heterocycles. The summed E-state index contributed by atoms with van der Waals surface area (Å²) in [5.74, 6) is 0. The molecule has 0 amide bonds. The average molecular weight is 184 g/mol. The molecule has 0 saturated carbocycles. The van der Waals surface area contributed by atoms with E-state index in [9.17, 15) is 0 Å². The fourth-order valence-corrected chi connectivity index (χ4v) is 0.215. The van der Waals surface area contributed by atoms with E-state index in [-0.39, 0.29) is 5.48 Å². The van der Waals surface area contributed by atoms with Gasteiger partial charge < -0.3 is 20.2 Å². The summed E-state index contributed by atoms with van der Waals surface area (Å²) in [5, 5.41) is 6.21. The molecule has 0 spiro atoms. The van der Waals surface area contributed by atoms with Crippen LogP contribution in [0, 0.1) is 0 Å². The van der Waals surface area contributed by atoms with Crippen LogP contribution in [-0.4, -0.2) is 30.4 Å². The lowest BCUT2D eigenvalue weighted by Crippen LogP contribution is -1.66. The molecule has 7 nitrogen and oxygen atoms in total. The Kier molecular flexibility index (Phi) is 7.07. The van der Waals surface area contributed by atoms with E-state index in [0.29, 0.717) is 0 Å². The van der Waals surface area contributed by atoms with Gasteiger partial charge in [-0.05, 0) is 6.07 Å². The van der Waals surface area contributed by atoms with Gasteiger partial charge in [0, 0.05) is 12.4 Å². The number of phosphoric acid groups is 1. The molecular formula is C3H9N2O5P. The molecule has 0 unspecified atom stereocenters. The van der Waals surface area contributed by atoms with Gasteiger partial charge in [0.1, 0.15) is 0 Å². The van der Waals surface area contributed by atoms with Gasteiger partial charge in [0.05, 0.1) is 0 Å². The Morgan fingerprint density at radius 3 is 1.91 bits per heavy atom. The molecule has 0 aliphatic heterocycles. The van der Waals surface area contributed by atoms with E-state index in [1.165, 1.54) is 0 Å². The van der Waals surface area contributed by atoms with Crippen molar-refractivity contribution in [2.75, 3.05) is 0 Å². The van der Waals surface area contributed by atoms with Gasteiger partial charge in [-0.1, -0.05) is 0 Å². The summed E-state index contributed by atoms with van der Waals surface area (Å²) in [7, 11) is -4.64. The van der Waals surface area contributed by atoms with E-state index in [2.05, 4.69) is 10.2 Å². The molecule has 11 heavy (non-hydrogen) atoms. The van der Waals surface area contributed by atoms with Crippen LogP contribution in [0.1, 0.15) is 0 Å². The number of hydrogen-bond acceptors (Lipinski definition) is 2. The third-order valence-corrected chi connectivity index (χ3v) is 0.406. The number of rotatable bonds is 0. The molecule has 1 aromatic heterocycles. The first kappa shape index (κ1) is 12.9. The van der Waals surface area contributed by atoms with Crippen LogP contribution in [-0.2, 0) is 4.57 Å². The normalized spacial score (nSPS) is 9.00. The first-order valence-corrected chi connectivity index (χ1v) is 3.78. The Morgan fingerprint density at radius 1 is 1.36 bits per heavy atom. The van der Waals surface area contributed by atoms with Crippen LogP contribution < -0.4 is 0 Å². The number of H-pyrrole nitrogens is 1. The highest BCUT2D eigenvalue weighted by Crippen LogP contribution is 2.25. The smallest absolute Gasteiger partial charge is 0.412 e. The zero-order chi connectivity index (χ0) is 8.04. The fourth-order valence-electron chi connectivity index (χ4n) is 0.215. The molecule has 0 radical (unpaired) electrons. The Morgan fingerprint density at radius 2 is 1.82 bits per heavy atom. The summed E-state index contributed by atoms with van der Waals surface area (Å²) in [6.45, 7) is 0. The summed E-state index contributed by atoms with van der Waals surface area (Å²) in [6, 6.07) is 1.83. The summed E-state index contributed by atoms with van der Waals surface area (Å²) in [4.78, 5) is 21.6. The molecular weight excluding hydrogens is 175 g/mol. The van der Waals surface area contributed by atoms with Gasteiger partial charge >= 0.3 is 7.82 Å². The molecule has 0 fully saturated rings. The Hall–Kier alpha value is -0.720. The predicted molar refractivity (Wildman–Crippen MR) is 36.5 cm³/mol. The van der Waals surface area contributed by atoms with Gasteiger partial charge in [-0.2, -0.15) is 5.10 Å². The van der Waals surface area contributed by atoms with Crippen molar-refractivity contribution in [2.24, 2.45) is 0 Å². The third kappa shape index (κ3) is 26.8. The van der Waals surface area contributed by atoms with Crippen molar-refractivity contribution in [3.8, 4) is 0 Å². The van der Waals surface area contributed by atoms with Crippen molar-refractivity contribution < 1.29 is 24.7 Å². The number of hydrogen-bond donors (Lipinski definition) is 4. The van der Waals surface area contributed by atoms with Gasteiger partial charge in [-0.25, -0.2) is 4.57 Å². The minimum Gasteiger partial charge on any atom is -0.412 e.